The zero-order valence-corrected chi connectivity index (χ0v) is 19.1. The number of nitrogens with zero attached hydrogens (tertiary/aromatic N) is 2. The quantitative estimate of drug-likeness (QED) is 0.590. The summed E-state index contributed by atoms with van der Waals surface area (Å²) in [6.45, 7) is 5.14. The third-order valence-corrected chi connectivity index (χ3v) is 7.34. The maximum Gasteiger partial charge on any atom is 0.511 e. The molecule has 8 nitrogen and oxygen atoms in total. The summed E-state index contributed by atoms with van der Waals surface area (Å²) in [5.41, 5.74) is -3.39. The Kier molecular flexibility index (Phi) is 8.34. The number of alkyl halides is 3. The van der Waals surface area contributed by atoms with Gasteiger partial charge in [0.25, 0.3) is 0 Å². The molecule has 32 heavy (non-hydrogen) atoms. The summed E-state index contributed by atoms with van der Waals surface area (Å²) in [6.07, 6.45) is 5.69. The minimum Gasteiger partial charge on any atom is -0.478 e. The third kappa shape index (κ3) is 6.09. The van der Waals surface area contributed by atoms with Crippen LogP contribution in [0.15, 0.2) is 6.33 Å². The number of ether oxygens (including phenoxy) is 2. The fraction of sp³-hybridized carbons (Fsp3) is 0.800. The standard InChI is InChI=1S/C20H31F3N4O4S/c1-3-30-19-18(13(2)25-12-26-19)14-6-8-15(9-7-14)31-11-17-16(5-4-10-24-17)27-32(28,29)20(21,22)23/h12,14-17,24,27H,3-11H2,1-2H3/t14?,15?,16-,17-/m0/s1. The van der Waals surface area contributed by atoms with Gasteiger partial charge in [-0.25, -0.2) is 23.1 Å². The molecule has 0 amide bonds. The number of nitrogens with one attached hydrogen (secondary N) is 2. The van der Waals surface area contributed by atoms with Crippen molar-refractivity contribution in [1.82, 2.24) is 20.0 Å². The lowest BCUT2D eigenvalue weighted by Crippen LogP contribution is -2.57. The van der Waals surface area contributed by atoms with E-state index < -0.39 is 27.6 Å². The van der Waals surface area contributed by atoms with Crippen molar-refractivity contribution < 1.29 is 31.1 Å². The van der Waals surface area contributed by atoms with Gasteiger partial charge >= 0.3 is 15.5 Å². The molecule has 12 heteroatoms. The van der Waals surface area contributed by atoms with Gasteiger partial charge in [0.1, 0.15) is 6.33 Å². The van der Waals surface area contributed by atoms with Gasteiger partial charge in [0.2, 0.25) is 5.88 Å². The summed E-state index contributed by atoms with van der Waals surface area (Å²) in [5.74, 6) is 0.882. The molecule has 1 aliphatic heterocycles. The van der Waals surface area contributed by atoms with Crippen molar-refractivity contribution >= 4 is 10.0 Å². The topological polar surface area (TPSA) is 102 Å². The number of halogens is 3. The van der Waals surface area contributed by atoms with Crippen LogP contribution < -0.4 is 14.8 Å². The van der Waals surface area contributed by atoms with Crippen molar-refractivity contribution in [3.05, 3.63) is 17.6 Å². The highest BCUT2D eigenvalue weighted by atomic mass is 32.2. The van der Waals surface area contributed by atoms with E-state index in [4.69, 9.17) is 9.47 Å². The van der Waals surface area contributed by atoms with Crippen molar-refractivity contribution in [2.45, 2.75) is 82.0 Å². The van der Waals surface area contributed by atoms with Crippen LogP contribution in [0, 0.1) is 6.92 Å². The lowest BCUT2D eigenvalue weighted by atomic mass is 9.82. The van der Waals surface area contributed by atoms with Gasteiger partial charge in [-0.1, -0.05) is 0 Å². The summed E-state index contributed by atoms with van der Waals surface area (Å²) >= 11 is 0. The highest BCUT2D eigenvalue weighted by molar-refractivity contribution is 7.90. The van der Waals surface area contributed by atoms with E-state index in [0.29, 0.717) is 31.9 Å². The SMILES string of the molecule is CCOc1ncnc(C)c1C1CCC(OC[C@@H]2NCCC[C@@H]2NS(=O)(=O)C(F)(F)F)CC1. The molecule has 3 rings (SSSR count). The Hall–Kier alpha value is -1.50. The van der Waals surface area contributed by atoms with E-state index in [-0.39, 0.29) is 18.6 Å². The molecular weight excluding hydrogens is 449 g/mol. The van der Waals surface area contributed by atoms with Crippen molar-refractivity contribution in [1.29, 1.82) is 0 Å². The molecule has 0 radical (unpaired) electrons. The summed E-state index contributed by atoms with van der Waals surface area (Å²) < 4.78 is 74.8. The summed E-state index contributed by atoms with van der Waals surface area (Å²) in [4.78, 5) is 8.57. The summed E-state index contributed by atoms with van der Waals surface area (Å²) in [7, 11) is -5.39. The molecule has 182 valence electrons. The minimum atomic E-state index is -5.39. The van der Waals surface area contributed by atoms with Crippen LogP contribution in [0.25, 0.3) is 0 Å². The first-order valence-electron chi connectivity index (χ1n) is 11.0. The number of piperidine rings is 1. The van der Waals surface area contributed by atoms with E-state index in [1.54, 1.807) is 4.72 Å². The molecule has 1 saturated heterocycles. The Bertz CT molecular complexity index is 861. The van der Waals surface area contributed by atoms with Gasteiger partial charge in [0, 0.05) is 23.3 Å². The van der Waals surface area contributed by atoms with Crippen molar-refractivity contribution in [3.8, 4) is 5.88 Å². The smallest absolute Gasteiger partial charge is 0.478 e. The van der Waals surface area contributed by atoms with Crippen LogP contribution in [0.3, 0.4) is 0 Å². The Morgan fingerprint density at radius 1 is 1.19 bits per heavy atom. The number of sulfonamides is 1. The number of hydrogen-bond acceptors (Lipinski definition) is 7. The highest BCUT2D eigenvalue weighted by Gasteiger charge is 2.47. The lowest BCUT2D eigenvalue weighted by Gasteiger charge is -2.35. The number of rotatable bonds is 8. The number of aromatic nitrogens is 2. The summed E-state index contributed by atoms with van der Waals surface area (Å²) in [5, 5.41) is 3.09. The van der Waals surface area contributed by atoms with Crippen LogP contribution in [-0.4, -0.2) is 61.8 Å². The first-order chi connectivity index (χ1) is 15.1. The molecule has 0 unspecified atom stereocenters. The normalized spacial score (nSPS) is 27.3. The predicted octanol–water partition coefficient (Wildman–Crippen LogP) is 2.79. The predicted molar refractivity (Wildman–Crippen MR) is 112 cm³/mol. The van der Waals surface area contributed by atoms with Crippen LogP contribution in [0.2, 0.25) is 0 Å². The molecule has 1 aromatic rings. The van der Waals surface area contributed by atoms with Gasteiger partial charge in [-0.3, -0.25) is 0 Å². The maximum absolute atomic E-state index is 12.8. The second-order valence-electron chi connectivity index (χ2n) is 8.29. The molecular formula is C20H31F3N4O4S. The molecule has 2 heterocycles. The molecule has 0 aromatic carbocycles. The van der Waals surface area contributed by atoms with Gasteiger partial charge < -0.3 is 14.8 Å². The lowest BCUT2D eigenvalue weighted by molar-refractivity contribution is -0.0457. The molecule has 2 N–H and O–H groups in total. The fourth-order valence-corrected chi connectivity index (χ4v) is 5.29. The van der Waals surface area contributed by atoms with E-state index in [1.165, 1.54) is 6.33 Å². The van der Waals surface area contributed by atoms with E-state index in [1.807, 2.05) is 13.8 Å². The van der Waals surface area contributed by atoms with E-state index in [0.717, 1.165) is 36.9 Å². The molecule has 0 bridgehead atoms. The first-order valence-corrected chi connectivity index (χ1v) is 12.5. The van der Waals surface area contributed by atoms with Gasteiger partial charge in [0.05, 0.1) is 19.3 Å². The van der Waals surface area contributed by atoms with Crippen LogP contribution in [0.5, 0.6) is 5.88 Å². The maximum atomic E-state index is 12.8. The minimum absolute atomic E-state index is 0.0321. The molecule has 1 aliphatic carbocycles. The highest BCUT2D eigenvalue weighted by Crippen LogP contribution is 2.38. The van der Waals surface area contributed by atoms with Gasteiger partial charge in [-0.2, -0.15) is 13.2 Å². The fourth-order valence-electron chi connectivity index (χ4n) is 4.48. The van der Waals surface area contributed by atoms with Crippen LogP contribution in [0.1, 0.15) is 62.6 Å². The third-order valence-electron chi connectivity index (χ3n) is 6.12. The molecule has 2 atom stereocenters. The Morgan fingerprint density at radius 2 is 1.91 bits per heavy atom. The zero-order valence-electron chi connectivity index (χ0n) is 18.3. The van der Waals surface area contributed by atoms with Gasteiger partial charge in [-0.05, 0) is 64.8 Å². The van der Waals surface area contributed by atoms with E-state index >= 15 is 0 Å². The Labute approximate surface area is 186 Å². The monoisotopic (exact) mass is 480 g/mol. The van der Waals surface area contributed by atoms with Gasteiger partial charge in [0.15, 0.2) is 0 Å². The molecule has 0 spiro atoms. The zero-order chi connectivity index (χ0) is 23.4. The van der Waals surface area contributed by atoms with Gasteiger partial charge in [-0.15, -0.1) is 0 Å². The summed E-state index contributed by atoms with van der Waals surface area (Å²) in [6, 6.07) is -1.36. The second kappa shape index (κ2) is 10.6. The molecule has 1 saturated carbocycles. The van der Waals surface area contributed by atoms with Crippen LogP contribution >= 0.6 is 0 Å². The van der Waals surface area contributed by atoms with Crippen molar-refractivity contribution in [2.75, 3.05) is 19.8 Å². The molecule has 2 aliphatic rings. The Morgan fingerprint density at radius 3 is 2.56 bits per heavy atom. The van der Waals surface area contributed by atoms with Crippen molar-refractivity contribution in [3.63, 3.8) is 0 Å². The molecule has 1 aromatic heterocycles. The Balaban J connectivity index is 1.54. The van der Waals surface area contributed by atoms with E-state index in [2.05, 4.69) is 15.3 Å². The average molecular weight is 481 g/mol. The first kappa shape index (κ1) is 25.1. The van der Waals surface area contributed by atoms with Crippen LogP contribution in [0.4, 0.5) is 13.2 Å². The van der Waals surface area contributed by atoms with Crippen molar-refractivity contribution in [2.24, 2.45) is 0 Å². The molecule has 2 fully saturated rings. The number of hydrogen-bond donors (Lipinski definition) is 2. The largest absolute Gasteiger partial charge is 0.511 e. The second-order valence-corrected chi connectivity index (χ2v) is 10.00. The number of aryl methyl sites for hydroxylation is 1. The van der Waals surface area contributed by atoms with Crippen LogP contribution in [-0.2, 0) is 14.8 Å². The average Bonchev–Trinajstić information content (AvgIpc) is 2.73. The van der Waals surface area contributed by atoms with E-state index in [9.17, 15) is 21.6 Å².